The van der Waals surface area contributed by atoms with Crippen LogP contribution in [-0.4, -0.2) is 48.9 Å². The second-order valence-corrected chi connectivity index (χ2v) is 6.66. The minimum atomic E-state index is -0.227. The highest BCUT2D eigenvalue weighted by molar-refractivity contribution is 6.21. The third-order valence-corrected chi connectivity index (χ3v) is 4.92. The van der Waals surface area contributed by atoms with Crippen molar-refractivity contribution in [3.8, 4) is 5.75 Å². The normalized spacial score (nSPS) is 15.2. The van der Waals surface area contributed by atoms with Gasteiger partial charge in [-0.05, 0) is 44.0 Å². The zero-order chi connectivity index (χ0) is 19.5. The fourth-order valence-corrected chi connectivity index (χ4v) is 3.62. The van der Waals surface area contributed by atoms with E-state index < -0.39 is 0 Å². The molecule has 0 N–H and O–H groups in total. The van der Waals surface area contributed by atoms with Gasteiger partial charge in [-0.3, -0.25) is 19.5 Å². The van der Waals surface area contributed by atoms with Gasteiger partial charge in [-0.15, -0.1) is 0 Å². The van der Waals surface area contributed by atoms with E-state index in [2.05, 4.69) is 4.99 Å². The molecular formula is C22H22N2O4. The summed E-state index contributed by atoms with van der Waals surface area (Å²) in [5, 5.41) is 0. The zero-order valence-corrected chi connectivity index (χ0v) is 15.8. The molecule has 4 rings (SSSR count). The topological polar surface area (TPSA) is 68.2 Å². The number of nitrogens with zero attached hydrogens (tertiary/aromatic N) is 2. The lowest BCUT2D eigenvalue weighted by atomic mass is 10.0. The highest BCUT2D eigenvalue weighted by atomic mass is 16.5. The number of carbonyl (C=O) groups is 2. The first-order valence-corrected chi connectivity index (χ1v) is 9.58. The Balaban J connectivity index is 1.37. The van der Waals surface area contributed by atoms with Gasteiger partial charge in [-0.1, -0.05) is 18.2 Å². The molecule has 0 aliphatic carbocycles. The predicted molar refractivity (Wildman–Crippen MR) is 105 cm³/mol. The molecule has 0 aromatic heterocycles. The number of amides is 2. The molecule has 0 atom stereocenters. The SMILES string of the molecule is CCOC1=NCCc2c(OCCCN3C(=O)c4ccccc4C3=O)cccc21. The monoisotopic (exact) mass is 378 g/mol. The molecule has 2 amide bonds. The Morgan fingerprint density at radius 2 is 1.68 bits per heavy atom. The molecule has 0 bridgehead atoms. The van der Waals surface area contributed by atoms with Gasteiger partial charge in [0.2, 0.25) is 5.90 Å². The number of carbonyl (C=O) groups excluding carboxylic acids is 2. The molecule has 6 heteroatoms. The van der Waals surface area contributed by atoms with Gasteiger partial charge in [-0.2, -0.15) is 0 Å². The maximum Gasteiger partial charge on any atom is 0.261 e. The Morgan fingerprint density at radius 1 is 0.964 bits per heavy atom. The Morgan fingerprint density at radius 3 is 2.39 bits per heavy atom. The molecule has 2 aliphatic rings. The van der Waals surface area contributed by atoms with Crippen molar-refractivity contribution < 1.29 is 19.1 Å². The minimum absolute atomic E-state index is 0.227. The number of aliphatic imine (C=N–C) groups is 1. The van der Waals surface area contributed by atoms with Crippen LogP contribution in [0.1, 0.15) is 45.2 Å². The van der Waals surface area contributed by atoms with Crippen LogP contribution in [0.25, 0.3) is 0 Å². The molecule has 28 heavy (non-hydrogen) atoms. The van der Waals surface area contributed by atoms with E-state index >= 15 is 0 Å². The summed E-state index contributed by atoms with van der Waals surface area (Å²) in [7, 11) is 0. The summed E-state index contributed by atoms with van der Waals surface area (Å²) in [4.78, 5) is 30.5. The van der Waals surface area contributed by atoms with E-state index in [9.17, 15) is 9.59 Å². The summed E-state index contributed by atoms with van der Waals surface area (Å²) < 4.78 is 11.6. The van der Waals surface area contributed by atoms with Gasteiger partial charge in [0.05, 0.1) is 24.3 Å². The van der Waals surface area contributed by atoms with E-state index in [1.165, 1.54) is 4.90 Å². The van der Waals surface area contributed by atoms with Crippen molar-refractivity contribution in [2.45, 2.75) is 19.8 Å². The largest absolute Gasteiger partial charge is 0.493 e. The Bertz CT molecular complexity index is 916. The van der Waals surface area contributed by atoms with Gasteiger partial charge in [0.15, 0.2) is 0 Å². The van der Waals surface area contributed by atoms with Crippen LogP contribution in [0.2, 0.25) is 0 Å². The summed E-state index contributed by atoms with van der Waals surface area (Å²) in [5.41, 5.74) is 3.04. The third-order valence-electron chi connectivity index (χ3n) is 4.92. The number of ether oxygens (including phenoxy) is 2. The quantitative estimate of drug-likeness (QED) is 0.572. The highest BCUT2D eigenvalue weighted by Crippen LogP contribution is 2.27. The predicted octanol–water partition coefficient (Wildman–Crippen LogP) is 3.09. The molecule has 0 unspecified atom stereocenters. The molecule has 0 radical (unpaired) electrons. The van der Waals surface area contributed by atoms with E-state index in [-0.39, 0.29) is 11.8 Å². The van der Waals surface area contributed by atoms with E-state index in [1.807, 2.05) is 25.1 Å². The van der Waals surface area contributed by atoms with Crippen molar-refractivity contribution in [1.82, 2.24) is 4.90 Å². The molecule has 2 heterocycles. The first kappa shape index (κ1) is 18.2. The Kier molecular flexibility index (Phi) is 5.10. The standard InChI is InChI=1S/C22H22N2O4/c1-2-27-20-16-9-5-10-19(15(16)11-12-23-20)28-14-6-13-24-21(25)17-7-3-4-8-18(17)22(24)26/h3-5,7-10H,2,6,11-14H2,1H3. The molecule has 0 spiro atoms. The van der Waals surface area contributed by atoms with Crippen LogP contribution in [-0.2, 0) is 11.2 Å². The fraction of sp³-hybridized carbons (Fsp3) is 0.318. The van der Waals surface area contributed by atoms with E-state index in [0.29, 0.717) is 49.7 Å². The summed E-state index contributed by atoms with van der Waals surface area (Å²) >= 11 is 0. The van der Waals surface area contributed by atoms with Crippen LogP contribution >= 0.6 is 0 Å². The maximum absolute atomic E-state index is 12.4. The van der Waals surface area contributed by atoms with Gasteiger partial charge in [-0.25, -0.2) is 0 Å². The number of imide groups is 1. The average molecular weight is 378 g/mol. The summed E-state index contributed by atoms with van der Waals surface area (Å²) in [5.74, 6) is 1.03. The van der Waals surface area contributed by atoms with Crippen LogP contribution in [0.4, 0.5) is 0 Å². The van der Waals surface area contributed by atoms with Crippen LogP contribution in [0, 0.1) is 0 Å². The van der Waals surface area contributed by atoms with E-state index in [0.717, 1.165) is 23.3 Å². The molecule has 0 fully saturated rings. The van der Waals surface area contributed by atoms with Crippen molar-refractivity contribution in [3.63, 3.8) is 0 Å². The third kappa shape index (κ3) is 3.26. The van der Waals surface area contributed by atoms with Crippen molar-refractivity contribution in [3.05, 3.63) is 64.7 Å². The molecule has 2 aliphatic heterocycles. The van der Waals surface area contributed by atoms with Crippen molar-refractivity contribution in [2.75, 3.05) is 26.3 Å². The van der Waals surface area contributed by atoms with Crippen LogP contribution in [0.15, 0.2) is 47.5 Å². The first-order chi connectivity index (χ1) is 13.7. The van der Waals surface area contributed by atoms with Crippen molar-refractivity contribution >= 4 is 17.7 Å². The van der Waals surface area contributed by atoms with Crippen molar-refractivity contribution in [2.24, 2.45) is 4.99 Å². The molecule has 0 saturated heterocycles. The van der Waals surface area contributed by atoms with Crippen LogP contribution < -0.4 is 4.74 Å². The lowest BCUT2D eigenvalue weighted by Crippen LogP contribution is -2.31. The average Bonchev–Trinajstić information content (AvgIpc) is 2.97. The number of rotatable bonds is 6. The lowest BCUT2D eigenvalue weighted by Gasteiger charge is -2.20. The Labute approximate surface area is 163 Å². The van der Waals surface area contributed by atoms with Gasteiger partial charge >= 0.3 is 0 Å². The van der Waals surface area contributed by atoms with Crippen molar-refractivity contribution in [1.29, 1.82) is 0 Å². The molecular weight excluding hydrogens is 356 g/mol. The second-order valence-electron chi connectivity index (χ2n) is 6.66. The molecule has 6 nitrogen and oxygen atoms in total. The lowest BCUT2D eigenvalue weighted by molar-refractivity contribution is 0.0646. The van der Waals surface area contributed by atoms with Gasteiger partial charge in [0.25, 0.3) is 11.8 Å². The molecule has 144 valence electrons. The number of hydrogen-bond donors (Lipinski definition) is 0. The summed E-state index contributed by atoms with van der Waals surface area (Å²) in [6.45, 7) is 3.95. The van der Waals surface area contributed by atoms with E-state index in [4.69, 9.17) is 9.47 Å². The molecule has 2 aromatic rings. The first-order valence-electron chi connectivity index (χ1n) is 9.58. The summed E-state index contributed by atoms with van der Waals surface area (Å²) in [6.07, 6.45) is 1.38. The number of benzene rings is 2. The van der Waals surface area contributed by atoms with Gasteiger partial charge in [0, 0.05) is 24.2 Å². The minimum Gasteiger partial charge on any atom is -0.493 e. The van der Waals surface area contributed by atoms with Crippen LogP contribution in [0.5, 0.6) is 5.75 Å². The fourth-order valence-electron chi connectivity index (χ4n) is 3.62. The molecule has 2 aromatic carbocycles. The number of hydrogen-bond acceptors (Lipinski definition) is 5. The Hall–Kier alpha value is -3.15. The van der Waals surface area contributed by atoms with E-state index in [1.54, 1.807) is 24.3 Å². The highest BCUT2D eigenvalue weighted by Gasteiger charge is 2.34. The second kappa shape index (κ2) is 7.84. The smallest absolute Gasteiger partial charge is 0.261 e. The van der Waals surface area contributed by atoms with Gasteiger partial charge < -0.3 is 9.47 Å². The summed E-state index contributed by atoms with van der Waals surface area (Å²) in [6, 6.07) is 12.8. The number of fused-ring (bicyclic) bond motifs is 2. The molecule has 0 saturated carbocycles. The van der Waals surface area contributed by atoms with Gasteiger partial charge in [0.1, 0.15) is 5.75 Å². The maximum atomic E-state index is 12.4. The van der Waals surface area contributed by atoms with Crippen LogP contribution in [0.3, 0.4) is 0 Å². The zero-order valence-electron chi connectivity index (χ0n) is 15.8.